The van der Waals surface area contributed by atoms with E-state index in [1.807, 2.05) is 66.7 Å². The summed E-state index contributed by atoms with van der Waals surface area (Å²) < 4.78 is 5.71. The van der Waals surface area contributed by atoms with Gasteiger partial charge in [-0.1, -0.05) is 48.5 Å². The van der Waals surface area contributed by atoms with Crippen LogP contribution in [0.4, 0.5) is 0 Å². The normalized spacial score (nSPS) is 11.9. The third-order valence-electron chi connectivity index (χ3n) is 2.83. The van der Waals surface area contributed by atoms with Crippen molar-refractivity contribution in [2.75, 3.05) is 0 Å². The van der Waals surface area contributed by atoms with Crippen molar-refractivity contribution < 1.29 is 4.42 Å². The summed E-state index contributed by atoms with van der Waals surface area (Å²) in [4.78, 5) is 0. The fourth-order valence-corrected chi connectivity index (χ4v) is 1.92. The van der Waals surface area contributed by atoms with Crippen LogP contribution in [0.15, 0.2) is 65.1 Å². The number of benzene rings is 2. The standard InChI is InChI=1S/C16H13NO/c17-14(10-12-6-2-1-3-7-12)16-11-13-8-4-5-9-15(13)18-16/h1-11H,17H2. The van der Waals surface area contributed by atoms with E-state index in [9.17, 15) is 0 Å². The summed E-state index contributed by atoms with van der Waals surface area (Å²) in [5.74, 6) is 0.708. The molecule has 2 heteroatoms. The molecule has 3 rings (SSSR count). The van der Waals surface area contributed by atoms with Gasteiger partial charge < -0.3 is 10.2 Å². The van der Waals surface area contributed by atoms with Gasteiger partial charge in [-0.25, -0.2) is 0 Å². The second-order valence-corrected chi connectivity index (χ2v) is 4.16. The topological polar surface area (TPSA) is 39.2 Å². The summed E-state index contributed by atoms with van der Waals surface area (Å²) in [6.45, 7) is 0. The number of para-hydroxylation sites is 1. The maximum Gasteiger partial charge on any atom is 0.151 e. The fraction of sp³-hybridized carbons (Fsp3) is 0. The van der Waals surface area contributed by atoms with Crippen molar-refractivity contribution in [2.45, 2.75) is 0 Å². The van der Waals surface area contributed by atoms with Crippen molar-refractivity contribution in [3.05, 3.63) is 72.0 Å². The van der Waals surface area contributed by atoms with Crippen LogP contribution in [0.2, 0.25) is 0 Å². The van der Waals surface area contributed by atoms with Gasteiger partial charge in [0.25, 0.3) is 0 Å². The van der Waals surface area contributed by atoms with E-state index >= 15 is 0 Å². The molecular weight excluding hydrogens is 222 g/mol. The third-order valence-corrected chi connectivity index (χ3v) is 2.83. The number of hydrogen-bond acceptors (Lipinski definition) is 2. The van der Waals surface area contributed by atoms with Crippen molar-refractivity contribution in [2.24, 2.45) is 5.73 Å². The van der Waals surface area contributed by atoms with Crippen molar-refractivity contribution in [1.29, 1.82) is 0 Å². The van der Waals surface area contributed by atoms with Crippen LogP contribution in [-0.2, 0) is 0 Å². The Hall–Kier alpha value is -2.48. The molecule has 0 saturated carbocycles. The molecular formula is C16H13NO. The van der Waals surface area contributed by atoms with Gasteiger partial charge in [-0.05, 0) is 23.8 Å². The minimum absolute atomic E-state index is 0.636. The lowest BCUT2D eigenvalue weighted by Crippen LogP contribution is -1.93. The molecule has 3 aromatic rings. The first-order valence-electron chi connectivity index (χ1n) is 5.84. The quantitative estimate of drug-likeness (QED) is 0.731. The van der Waals surface area contributed by atoms with Gasteiger partial charge in [-0.3, -0.25) is 0 Å². The summed E-state index contributed by atoms with van der Waals surface area (Å²) in [5, 5.41) is 1.07. The molecule has 0 bridgehead atoms. The van der Waals surface area contributed by atoms with Gasteiger partial charge >= 0.3 is 0 Å². The average Bonchev–Trinajstić information content (AvgIpc) is 2.84. The molecule has 0 saturated heterocycles. The molecule has 18 heavy (non-hydrogen) atoms. The lowest BCUT2D eigenvalue weighted by molar-refractivity contribution is 0.599. The van der Waals surface area contributed by atoms with Gasteiger partial charge in [0.2, 0.25) is 0 Å². The van der Waals surface area contributed by atoms with Crippen molar-refractivity contribution in [3.8, 4) is 0 Å². The molecule has 0 aliphatic rings. The van der Waals surface area contributed by atoms with E-state index in [-0.39, 0.29) is 0 Å². The fourth-order valence-electron chi connectivity index (χ4n) is 1.92. The lowest BCUT2D eigenvalue weighted by Gasteiger charge is -1.97. The van der Waals surface area contributed by atoms with Gasteiger partial charge in [-0.2, -0.15) is 0 Å². The maximum atomic E-state index is 6.06. The molecule has 88 valence electrons. The van der Waals surface area contributed by atoms with Gasteiger partial charge in [0, 0.05) is 5.39 Å². The summed E-state index contributed by atoms with van der Waals surface area (Å²) >= 11 is 0. The molecule has 1 heterocycles. The Labute approximate surface area is 105 Å². The SMILES string of the molecule is NC(=Cc1ccccc1)c1cc2ccccc2o1. The molecule has 0 fully saturated rings. The third kappa shape index (κ3) is 2.00. The number of furan rings is 1. The highest BCUT2D eigenvalue weighted by Gasteiger charge is 2.05. The second kappa shape index (κ2) is 4.41. The molecule has 0 unspecified atom stereocenters. The van der Waals surface area contributed by atoms with Crippen LogP contribution >= 0.6 is 0 Å². The van der Waals surface area contributed by atoms with E-state index in [1.54, 1.807) is 0 Å². The monoisotopic (exact) mass is 235 g/mol. The first-order chi connectivity index (χ1) is 8.83. The summed E-state index contributed by atoms with van der Waals surface area (Å²) in [6, 6.07) is 19.8. The Morgan fingerprint density at radius 2 is 1.67 bits per heavy atom. The maximum absolute atomic E-state index is 6.06. The van der Waals surface area contributed by atoms with Crippen LogP contribution in [0.25, 0.3) is 22.7 Å². The molecule has 2 aromatic carbocycles. The Morgan fingerprint density at radius 1 is 0.944 bits per heavy atom. The predicted octanol–water partition coefficient (Wildman–Crippen LogP) is 3.89. The van der Waals surface area contributed by atoms with Crippen LogP contribution in [0.3, 0.4) is 0 Å². The van der Waals surface area contributed by atoms with Crippen LogP contribution in [0.1, 0.15) is 11.3 Å². The van der Waals surface area contributed by atoms with Crippen LogP contribution in [-0.4, -0.2) is 0 Å². The van der Waals surface area contributed by atoms with Crippen LogP contribution < -0.4 is 5.73 Å². The van der Waals surface area contributed by atoms with Gasteiger partial charge in [0.05, 0.1) is 5.70 Å². The zero-order chi connectivity index (χ0) is 12.4. The summed E-state index contributed by atoms with van der Waals surface area (Å²) in [6.07, 6.45) is 1.91. The van der Waals surface area contributed by atoms with Gasteiger partial charge in [0.15, 0.2) is 5.76 Å². The number of fused-ring (bicyclic) bond motifs is 1. The first-order valence-corrected chi connectivity index (χ1v) is 5.84. The van der Waals surface area contributed by atoms with E-state index in [1.165, 1.54) is 0 Å². The van der Waals surface area contributed by atoms with Crippen molar-refractivity contribution in [3.63, 3.8) is 0 Å². The van der Waals surface area contributed by atoms with E-state index in [4.69, 9.17) is 10.2 Å². The molecule has 0 spiro atoms. The highest BCUT2D eigenvalue weighted by atomic mass is 16.3. The van der Waals surface area contributed by atoms with Gasteiger partial charge in [0.1, 0.15) is 5.58 Å². The molecule has 0 radical (unpaired) electrons. The largest absolute Gasteiger partial charge is 0.455 e. The van der Waals surface area contributed by atoms with E-state index in [0.29, 0.717) is 11.5 Å². The molecule has 2 nitrogen and oxygen atoms in total. The zero-order valence-corrected chi connectivity index (χ0v) is 9.84. The summed E-state index contributed by atoms with van der Waals surface area (Å²) in [5.41, 5.74) is 8.62. The number of nitrogens with two attached hydrogens (primary N) is 1. The van der Waals surface area contributed by atoms with E-state index in [0.717, 1.165) is 16.5 Å². The molecule has 0 aliphatic carbocycles. The Morgan fingerprint density at radius 3 is 2.44 bits per heavy atom. The van der Waals surface area contributed by atoms with E-state index < -0.39 is 0 Å². The summed E-state index contributed by atoms with van der Waals surface area (Å²) in [7, 11) is 0. The molecule has 0 aliphatic heterocycles. The number of rotatable bonds is 2. The Balaban J connectivity index is 2.01. The van der Waals surface area contributed by atoms with Crippen molar-refractivity contribution in [1.82, 2.24) is 0 Å². The minimum Gasteiger partial charge on any atom is -0.455 e. The molecule has 0 atom stereocenters. The van der Waals surface area contributed by atoms with E-state index in [2.05, 4.69) is 0 Å². The Bertz CT molecular complexity index is 662. The second-order valence-electron chi connectivity index (χ2n) is 4.16. The molecule has 2 N–H and O–H groups in total. The van der Waals surface area contributed by atoms with Crippen molar-refractivity contribution >= 4 is 22.7 Å². The van der Waals surface area contributed by atoms with Crippen LogP contribution in [0, 0.1) is 0 Å². The lowest BCUT2D eigenvalue weighted by atomic mass is 10.1. The first kappa shape index (κ1) is 10.7. The molecule has 0 amide bonds. The van der Waals surface area contributed by atoms with Crippen LogP contribution in [0.5, 0.6) is 0 Å². The molecule has 1 aromatic heterocycles. The zero-order valence-electron chi connectivity index (χ0n) is 9.84. The minimum atomic E-state index is 0.636. The highest BCUT2D eigenvalue weighted by Crippen LogP contribution is 2.23. The number of hydrogen-bond donors (Lipinski definition) is 1. The average molecular weight is 235 g/mol. The highest BCUT2D eigenvalue weighted by molar-refractivity contribution is 5.85. The van der Waals surface area contributed by atoms with Gasteiger partial charge in [-0.15, -0.1) is 0 Å². The predicted molar refractivity (Wildman–Crippen MR) is 74.7 cm³/mol. The Kier molecular flexibility index (Phi) is 2.61. The smallest absolute Gasteiger partial charge is 0.151 e.